The number of amides is 2. The number of Topliss-reactive ketones (excluding diaryl/α,β-unsaturated/α-hetero) is 1. The quantitative estimate of drug-likeness (QED) is 0.613. The number of carbonyl (C=O) groups excluding carboxylic acids is 3. The number of ketones is 1. The van der Waals surface area contributed by atoms with Crippen molar-refractivity contribution >= 4 is 27.6 Å². The number of nitrogens with two attached hydrogens (primary N) is 1. The Morgan fingerprint density at radius 1 is 1.15 bits per heavy atom. The number of primary amides is 1. The molecule has 1 aliphatic carbocycles. The van der Waals surface area contributed by atoms with Crippen molar-refractivity contribution in [3.05, 3.63) is 77.1 Å². The average Bonchev–Trinajstić information content (AvgIpc) is 2.80. The number of fused-ring (bicyclic) bond motifs is 1. The van der Waals surface area contributed by atoms with E-state index in [-0.39, 0.29) is 10.7 Å². The first-order valence-corrected chi connectivity index (χ1v) is 12.6. The summed E-state index contributed by atoms with van der Waals surface area (Å²) < 4.78 is 28.0. The molecule has 9 heteroatoms. The molecular formula is C25H27N3O5S. The molecule has 8 nitrogen and oxygen atoms in total. The summed E-state index contributed by atoms with van der Waals surface area (Å²) in [5.74, 6) is -3.02. The van der Waals surface area contributed by atoms with Crippen molar-refractivity contribution in [2.24, 2.45) is 11.7 Å². The zero-order valence-corrected chi connectivity index (χ0v) is 19.8. The average molecular weight is 482 g/mol. The fourth-order valence-electron chi connectivity index (χ4n) is 4.89. The molecule has 2 amide bonds. The lowest BCUT2D eigenvalue weighted by Crippen LogP contribution is -2.57. The molecule has 178 valence electrons. The van der Waals surface area contributed by atoms with Crippen molar-refractivity contribution < 1.29 is 22.8 Å². The highest BCUT2D eigenvalue weighted by atomic mass is 32.2. The normalized spacial score (nSPS) is 20.9. The van der Waals surface area contributed by atoms with E-state index in [1.54, 1.807) is 24.3 Å². The Balaban J connectivity index is 1.80. The maximum absolute atomic E-state index is 13.5. The van der Waals surface area contributed by atoms with Crippen LogP contribution in [0.4, 0.5) is 0 Å². The van der Waals surface area contributed by atoms with Crippen LogP contribution >= 0.6 is 0 Å². The van der Waals surface area contributed by atoms with E-state index >= 15 is 0 Å². The highest BCUT2D eigenvalue weighted by Gasteiger charge is 2.47. The van der Waals surface area contributed by atoms with Gasteiger partial charge >= 0.3 is 0 Å². The van der Waals surface area contributed by atoms with Crippen molar-refractivity contribution in [1.82, 2.24) is 9.62 Å². The first kappa shape index (κ1) is 23.7. The van der Waals surface area contributed by atoms with Crippen LogP contribution in [0.25, 0.3) is 0 Å². The molecular weight excluding hydrogens is 454 g/mol. The largest absolute Gasteiger partial charge is 0.369 e. The van der Waals surface area contributed by atoms with E-state index in [4.69, 9.17) is 5.73 Å². The number of hydrogen-bond donors (Lipinski definition) is 2. The van der Waals surface area contributed by atoms with Gasteiger partial charge in [-0.05, 0) is 68.4 Å². The molecule has 34 heavy (non-hydrogen) atoms. The van der Waals surface area contributed by atoms with Crippen LogP contribution in [0.2, 0.25) is 0 Å². The minimum absolute atomic E-state index is 0.0146. The van der Waals surface area contributed by atoms with Crippen molar-refractivity contribution in [3.8, 4) is 0 Å². The zero-order chi connectivity index (χ0) is 24.6. The number of carbonyl (C=O) groups is 3. The molecule has 2 aromatic rings. The molecule has 0 saturated heterocycles. The predicted octanol–water partition coefficient (Wildman–Crippen LogP) is 2.38. The Morgan fingerprint density at radius 2 is 1.85 bits per heavy atom. The van der Waals surface area contributed by atoms with E-state index in [9.17, 15) is 22.8 Å². The lowest BCUT2D eigenvalue weighted by molar-refractivity contribution is -0.133. The van der Waals surface area contributed by atoms with Gasteiger partial charge in [-0.2, -0.15) is 0 Å². The topological polar surface area (TPSA) is 127 Å². The van der Waals surface area contributed by atoms with E-state index in [0.717, 1.165) is 33.8 Å². The lowest BCUT2D eigenvalue weighted by atomic mass is 9.72. The second kappa shape index (κ2) is 9.06. The standard InChI is InChI=1S/C25H27N3O5S/c1-15-6-9-19(10-7-15)34(32,33)28-13-12-27-25(31)23(28)22(24(26)30)21-5-3-4-18-14-17(16(2)29)8-11-20(18)21/h6-14,21-23H,3-5H2,1-2H3,(H2,26,30)(H,27,31)/t21-,22?,23+/m0/s1. The van der Waals surface area contributed by atoms with Gasteiger partial charge in [0.2, 0.25) is 11.8 Å². The number of nitrogens with zero attached hydrogens (tertiary/aromatic N) is 1. The summed E-state index contributed by atoms with van der Waals surface area (Å²) >= 11 is 0. The molecule has 0 spiro atoms. The van der Waals surface area contributed by atoms with Gasteiger partial charge in [0.1, 0.15) is 6.04 Å². The van der Waals surface area contributed by atoms with Crippen molar-refractivity contribution in [2.45, 2.75) is 50.0 Å². The number of hydrogen-bond acceptors (Lipinski definition) is 5. The molecule has 2 aromatic carbocycles. The van der Waals surface area contributed by atoms with Gasteiger partial charge in [-0.1, -0.05) is 29.8 Å². The van der Waals surface area contributed by atoms with Gasteiger partial charge in [0.15, 0.2) is 5.78 Å². The zero-order valence-electron chi connectivity index (χ0n) is 19.0. The Labute approximate surface area is 198 Å². The number of aryl methyl sites for hydroxylation is 2. The maximum atomic E-state index is 13.5. The first-order valence-electron chi connectivity index (χ1n) is 11.1. The Kier molecular flexibility index (Phi) is 6.31. The fraction of sp³-hybridized carbons (Fsp3) is 0.320. The molecule has 0 fully saturated rings. The molecule has 3 atom stereocenters. The van der Waals surface area contributed by atoms with E-state index in [2.05, 4.69) is 5.32 Å². The fourth-order valence-corrected chi connectivity index (χ4v) is 6.36. The van der Waals surface area contributed by atoms with Gasteiger partial charge < -0.3 is 11.1 Å². The van der Waals surface area contributed by atoms with Crippen LogP contribution in [-0.4, -0.2) is 36.4 Å². The summed E-state index contributed by atoms with van der Waals surface area (Å²) in [5, 5.41) is 2.54. The second-order valence-electron chi connectivity index (χ2n) is 8.81. The number of rotatable bonds is 6. The molecule has 1 heterocycles. The van der Waals surface area contributed by atoms with Crippen LogP contribution in [0, 0.1) is 12.8 Å². The van der Waals surface area contributed by atoms with Crippen LogP contribution in [0.15, 0.2) is 59.8 Å². The predicted molar refractivity (Wildman–Crippen MR) is 126 cm³/mol. The summed E-state index contributed by atoms with van der Waals surface area (Å²) in [7, 11) is -4.14. The third kappa shape index (κ3) is 4.23. The first-order chi connectivity index (χ1) is 16.1. The van der Waals surface area contributed by atoms with Gasteiger partial charge in [-0.15, -0.1) is 0 Å². The van der Waals surface area contributed by atoms with Crippen LogP contribution in [0.3, 0.4) is 0 Å². The summed E-state index contributed by atoms with van der Waals surface area (Å²) in [6, 6.07) is 10.2. The van der Waals surface area contributed by atoms with Gasteiger partial charge in [0, 0.05) is 18.0 Å². The van der Waals surface area contributed by atoms with Gasteiger partial charge in [-0.3, -0.25) is 18.7 Å². The monoisotopic (exact) mass is 481 g/mol. The van der Waals surface area contributed by atoms with Crippen molar-refractivity contribution in [1.29, 1.82) is 0 Å². The summed E-state index contributed by atoms with van der Waals surface area (Å²) in [6.45, 7) is 3.33. The second-order valence-corrected chi connectivity index (χ2v) is 10.7. The molecule has 0 saturated carbocycles. The van der Waals surface area contributed by atoms with E-state index in [1.165, 1.54) is 31.5 Å². The molecule has 1 aliphatic heterocycles. The molecule has 0 bridgehead atoms. The minimum atomic E-state index is -4.14. The van der Waals surface area contributed by atoms with E-state index < -0.39 is 39.7 Å². The Bertz CT molecular complexity index is 1280. The van der Waals surface area contributed by atoms with Gasteiger partial charge in [0.25, 0.3) is 10.0 Å². The molecule has 3 N–H and O–H groups in total. The SMILES string of the molecule is CC(=O)c1ccc2c(c1)CCC[C@@H]2C(C(N)=O)[C@@H]1C(=O)NC=CN1S(=O)(=O)c1ccc(C)cc1. The minimum Gasteiger partial charge on any atom is -0.369 e. The third-order valence-electron chi connectivity index (χ3n) is 6.60. The van der Waals surface area contributed by atoms with Gasteiger partial charge in [0.05, 0.1) is 10.8 Å². The van der Waals surface area contributed by atoms with Crippen LogP contribution in [0.5, 0.6) is 0 Å². The Morgan fingerprint density at radius 3 is 2.50 bits per heavy atom. The molecule has 4 rings (SSSR count). The van der Waals surface area contributed by atoms with Gasteiger partial charge in [-0.25, -0.2) is 8.42 Å². The molecule has 0 radical (unpaired) electrons. The molecule has 2 aliphatic rings. The van der Waals surface area contributed by atoms with Crippen LogP contribution < -0.4 is 11.1 Å². The highest BCUT2D eigenvalue weighted by molar-refractivity contribution is 7.89. The van der Waals surface area contributed by atoms with Crippen LogP contribution in [-0.2, 0) is 26.0 Å². The van der Waals surface area contributed by atoms with Crippen molar-refractivity contribution in [3.63, 3.8) is 0 Å². The molecule has 1 unspecified atom stereocenters. The number of nitrogens with one attached hydrogen (secondary N) is 1. The van der Waals surface area contributed by atoms with E-state index in [1.807, 2.05) is 13.0 Å². The Hall–Kier alpha value is -3.46. The number of sulfonamides is 1. The smallest absolute Gasteiger partial charge is 0.264 e. The maximum Gasteiger partial charge on any atom is 0.264 e. The van der Waals surface area contributed by atoms with Crippen LogP contribution in [0.1, 0.15) is 52.7 Å². The molecule has 0 aromatic heterocycles. The summed E-state index contributed by atoms with van der Waals surface area (Å²) in [4.78, 5) is 37.7. The summed E-state index contributed by atoms with van der Waals surface area (Å²) in [6.07, 6.45) is 4.51. The number of benzene rings is 2. The third-order valence-corrected chi connectivity index (χ3v) is 8.37. The van der Waals surface area contributed by atoms with E-state index in [0.29, 0.717) is 12.0 Å². The summed E-state index contributed by atoms with van der Waals surface area (Å²) in [5.41, 5.74) is 9.02. The van der Waals surface area contributed by atoms with Crippen molar-refractivity contribution in [2.75, 3.05) is 0 Å². The highest BCUT2D eigenvalue weighted by Crippen LogP contribution is 2.41. The lowest BCUT2D eigenvalue weighted by Gasteiger charge is -2.40.